The summed E-state index contributed by atoms with van der Waals surface area (Å²) in [5.41, 5.74) is 11.0. The number of rotatable bonds is 6. The number of carbonyl (C=O) groups is 3. The van der Waals surface area contributed by atoms with Crippen LogP contribution < -0.4 is 22.1 Å². The molecule has 0 spiro atoms. The number of nitrogens with zero attached hydrogens (tertiary/aromatic N) is 1. The number of hydrogen-bond donors (Lipinski definition) is 4. The molecule has 2 amide bonds. The largest absolute Gasteiger partial charge is 0.403 e. The normalized spacial score (nSPS) is 15.5. The van der Waals surface area contributed by atoms with Gasteiger partial charge in [-0.25, -0.2) is 13.2 Å². The second-order valence-electron chi connectivity index (χ2n) is 8.21. The number of hydrogen-bond acceptors (Lipinski definition) is 5. The van der Waals surface area contributed by atoms with Crippen LogP contribution in [0.1, 0.15) is 65.2 Å². The topological polar surface area (TPSA) is 132 Å². The van der Waals surface area contributed by atoms with Gasteiger partial charge in [0, 0.05) is 24.1 Å². The molecule has 188 valence electrons. The first kappa shape index (κ1) is 25.9. The molecule has 6 N–H and O–H groups in total. The Balaban J connectivity index is 0.00000167. The van der Waals surface area contributed by atoms with Crippen LogP contribution in [0.3, 0.4) is 0 Å². The lowest BCUT2D eigenvalue weighted by Gasteiger charge is -2.17. The molecule has 8 nitrogen and oxygen atoms in total. The Morgan fingerprint density at radius 3 is 2.37 bits per heavy atom. The first-order valence-corrected chi connectivity index (χ1v) is 11.3. The van der Waals surface area contributed by atoms with Crippen molar-refractivity contribution in [3.63, 3.8) is 0 Å². The van der Waals surface area contributed by atoms with Crippen molar-refractivity contribution in [2.24, 2.45) is 11.5 Å². The molecule has 0 unspecified atom stereocenters. The molecule has 1 saturated carbocycles. The molecule has 0 atom stereocenters. The van der Waals surface area contributed by atoms with Crippen LogP contribution in [0.4, 0.5) is 18.9 Å². The predicted molar refractivity (Wildman–Crippen MR) is 124 cm³/mol. The monoisotopic (exact) mass is 491 g/mol. The minimum absolute atomic E-state index is 0.0466. The highest BCUT2D eigenvalue weighted by molar-refractivity contribution is 6.44. The third-order valence-electron chi connectivity index (χ3n) is 6.18. The lowest BCUT2D eigenvalue weighted by atomic mass is 10.0. The van der Waals surface area contributed by atoms with E-state index in [0.717, 1.165) is 6.07 Å². The van der Waals surface area contributed by atoms with Gasteiger partial charge in [-0.15, -0.1) is 0 Å². The van der Waals surface area contributed by atoms with Crippen LogP contribution in [0, 0.1) is 24.4 Å². The Hall–Kier alpha value is -3.76. The summed E-state index contributed by atoms with van der Waals surface area (Å²) < 4.78 is 42.4. The van der Waals surface area contributed by atoms with Crippen LogP contribution >= 0.6 is 0 Å². The standard InChI is InChI=1S/C22H22F3N5O3.C2H6/c1-10-15(19(31)21(33)29-22(6-7-22)14(27)9-26)13-3-2-8-30(13)18(10)20(32)28-12-5-4-11(23)16(24)17(12)25;1-2/h4-5,9H,2-3,6-8,26-27H2,1H3,(H,28,32)(H,29,33);1-2H3/b14-9-;. The summed E-state index contributed by atoms with van der Waals surface area (Å²) in [6.07, 6.45) is 3.36. The first-order valence-electron chi connectivity index (χ1n) is 11.3. The van der Waals surface area contributed by atoms with Crippen molar-refractivity contribution in [1.29, 1.82) is 0 Å². The summed E-state index contributed by atoms with van der Waals surface area (Å²) in [4.78, 5) is 38.8. The van der Waals surface area contributed by atoms with Gasteiger partial charge in [0.2, 0.25) is 0 Å². The van der Waals surface area contributed by atoms with Crippen molar-refractivity contribution in [1.82, 2.24) is 9.88 Å². The van der Waals surface area contributed by atoms with E-state index in [-0.39, 0.29) is 22.5 Å². The van der Waals surface area contributed by atoms with E-state index in [1.807, 2.05) is 13.8 Å². The summed E-state index contributed by atoms with van der Waals surface area (Å²) in [6.45, 7) is 5.91. The van der Waals surface area contributed by atoms with Crippen LogP contribution in [0.15, 0.2) is 24.0 Å². The molecule has 0 bridgehead atoms. The summed E-state index contributed by atoms with van der Waals surface area (Å²) in [5, 5.41) is 4.86. The third kappa shape index (κ3) is 4.50. The molecule has 1 aliphatic heterocycles. The van der Waals surface area contributed by atoms with Gasteiger partial charge in [0.1, 0.15) is 5.69 Å². The first-order chi connectivity index (χ1) is 16.6. The fourth-order valence-corrected chi connectivity index (χ4v) is 4.27. The van der Waals surface area contributed by atoms with Crippen molar-refractivity contribution in [2.45, 2.75) is 58.5 Å². The molecule has 1 fully saturated rings. The van der Waals surface area contributed by atoms with Crippen molar-refractivity contribution >= 4 is 23.3 Å². The van der Waals surface area contributed by atoms with E-state index in [2.05, 4.69) is 10.6 Å². The van der Waals surface area contributed by atoms with Gasteiger partial charge >= 0.3 is 0 Å². The molecule has 2 aliphatic rings. The number of amides is 2. The summed E-state index contributed by atoms with van der Waals surface area (Å²) in [6, 6.07) is 1.59. The third-order valence-corrected chi connectivity index (χ3v) is 6.18. The fourth-order valence-electron chi connectivity index (χ4n) is 4.27. The number of carbonyl (C=O) groups excluding carboxylic acids is 3. The zero-order chi connectivity index (χ0) is 26.1. The number of nitrogens with two attached hydrogens (primary N) is 2. The maximum atomic E-state index is 14.0. The molecular weight excluding hydrogens is 463 g/mol. The Labute approximate surface area is 200 Å². The number of halogens is 3. The van der Waals surface area contributed by atoms with E-state index < -0.39 is 46.3 Å². The average Bonchev–Trinajstić information content (AvgIpc) is 3.39. The van der Waals surface area contributed by atoms with Gasteiger partial charge in [0.05, 0.1) is 16.8 Å². The van der Waals surface area contributed by atoms with Crippen molar-refractivity contribution < 1.29 is 27.6 Å². The van der Waals surface area contributed by atoms with Crippen LogP contribution in [0.2, 0.25) is 0 Å². The van der Waals surface area contributed by atoms with Crippen LogP contribution in [-0.2, 0) is 17.8 Å². The minimum Gasteiger partial charge on any atom is -0.403 e. The number of nitrogens with one attached hydrogen (secondary N) is 2. The van der Waals surface area contributed by atoms with E-state index in [4.69, 9.17) is 11.5 Å². The van der Waals surface area contributed by atoms with Crippen LogP contribution in [0.5, 0.6) is 0 Å². The Morgan fingerprint density at radius 1 is 1.11 bits per heavy atom. The minimum atomic E-state index is -1.71. The zero-order valence-corrected chi connectivity index (χ0v) is 19.7. The van der Waals surface area contributed by atoms with E-state index in [1.54, 1.807) is 4.57 Å². The van der Waals surface area contributed by atoms with Crippen LogP contribution in [0.25, 0.3) is 0 Å². The molecule has 0 saturated heterocycles. The van der Waals surface area contributed by atoms with Gasteiger partial charge in [0.15, 0.2) is 17.5 Å². The van der Waals surface area contributed by atoms with E-state index >= 15 is 0 Å². The van der Waals surface area contributed by atoms with Gasteiger partial charge < -0.3 is 26.7 Å². The Morgan fingerprint density at radius 2 is 1.77 bits per heavy atom. The second kappa shape index (κ2) is 9.85. The van der Waals surface area contributed by atoms with Gasteiger partial charge in [-0.05, 0) is 50.3 Å². The number of ketones is 1. The molecule has 1 aliphatic carbocycles. The zero-order valence-electron chi connectivity index (χ0n) is 19.7. The van der Waals surface area contributed by atoms with E-state index in [0.29, 0.717) is 44.0 Å². The molecule has 11 heteroatoms. The van der Waals surface area contributed by atoms with Gasteiger partial charge in [0.25, 0.3) is 17.6 Å². The molecule has 0 radical (unpaired) electrons. The van der Waals surface area contributed by atoms with Crippen molar-refractivity contribution in [2.75, 3.05) is 5.32 Å². The van der Waals surface area contributed by atoms with Crippen molar-refractivity contribution in [3.8, 4) is 0 Å². The summed E-state index contributed by atoms with van der Waals surface area (Å²) >= 11 is 0. The van der Waals surface area contributed by atoms with Gasteiger partial charge in [-0.2, -0.15) is 0 Å². The van der Waals surface area contributed by atoms with E-state index in [1.165, 1.54) is 13.1 Å². The molecule has 2 heterocycles. The summed E-state index contributed by atoms with van der Waals surface area (Å²) in [5.74, 6) is -7.15. The Kier molecular flexibility index (Phi) is 7.27. The number of benzene rings is 1. The number of Topliss-reactive ketones (excluding diaryl/α,β-unsaturated/α-hetero) is 1. The number of anilines is 1. The highest BCUT2D eigenvalue weighted by atomic mass is 19.2. The lowest BCUT2D eigenvalue weighted by molar-refractivity contribution is -0.117. The maximum Gasteiger partial charge on any atom is 0.293 e. The quantitative estimate of drug-likeness (QED) is 0.280. The highest BCUT2D eigenvalue weighted by Gasteiger charge is 2.48. The predicted octanol–water partition coefficient (Wildman–Crippen LogP) is 3.03. The molecule has 4 rings (SSSR count). The molecule has 1 aromatic carbocycles. The van der Waals surface area contributed by atoms with E-state index in [9.17, 15) is 27.6 Å². The van der Waals surface area contributed by atoms with Crippen molar-refractivity contribution in [3.05, 3.63) is 64.0 Å². The van der Waals surface area contributed by atoms with Gasteiger partial charge in [-0.3, -0.25) is 14.4 Å². The smallest absolute Gasteiger partial charge is 0.293 e. The molecule has 35 heavy (non-hydrogen) atoms. The lowest BCUT2D eigenvalue weighted by Crippen LogP contribution is -2.44. The highest BCUT2D eigenvalue weighted by Crippen LogP contribution is 2.40. The fraction of sp³-hybridized carbons (Fsp3) is 0.375. The maximum absolute atomic E-state index is 14.0. The molecule has 1 aromatic heterocycles. The molecule has 2 aromatic rings. The second-order valence-corrected chi connectivity index (χ2v) is 8.21. The van der Waals surface area contributed by atoms with Crippen LogP contribution in [-0.4, -0.2) is 27.7 Å². The molecular formula is C24H28F3N5O3. The SMILES string of the molecule is CC.Cc1c(C(=O)C(=O)NC2(/C(N)=C/N)CC2)c2n(c1C(=O)Nc1ccc(F)c(F)c1F)CCC2. The average molecular weight is 492 g/mol. The Bertz CT molecular complexity index is 1230. The van der Waals surface area contributed by atoms with Gasteiger partial charge in [-0.1, -0.05) is 13.8 Å². The number of aromatic nitrogens is 1. The number of fused-ring (bicyclic) bond motifs is 1. The summed E-state index contributed by atoms with van der Waals surface area (Å²) in [7, 11) is 0.